The Morgan fingerprint density at radius 1 is 1.11 bits per heavy atom. The fraction of sp³-hybridized carbons (Fsp3) is 0.500. The third kappa shape index (κ3) is 7.69. The molecule has 1 aliphatic carbocycles. The summed E-state index contributed by atoms with van der Waals surface area (Å²) in [6, 6.07) is 2.43. The van der Waals surface area contributed by atoms with Gasteiger partial charge in [-0.3, -0.25) is 29.6 Å². The number of carbonyl (C=O) groups is 3. The van der Waals surface area contributed by atoms with Crippen molar-refractivity contribution in [3.05, 3.63) is 57.1 Å². The highest BCUT2D eigenvalue weighted by atomic mass is 32.2. The average Bonchev–Trinajstić information content (AvgIpc) is 3.60. The topological polar surface area (TPSA) is 129 Å². The van der Waals surface area contributed by atoms with Gasteiger partial charge in [-0.15, -0.1) is 11.3 Å². The first-order valence-corrected chi connectivity index (χ1v) is 16.3. The molecule has 243 valence electrons. The Bertz CT molecular complexity index is 1460. The molecular formula is C30H36F3N6O4S2. The molecule has 4 amide bonds. The Kier molecular flexibility index (Phi) is 10.6. The van der Waals surface area contributed by atoms with Gasteiger partial charge in [0.1, 0.15) is 17.1 Å². The molecule has 15 heteroatoms. The lowest BCUT2D eigenvalue weighted by Crippen LogP contribution is -2.47. The van der Waals surface area contributed by atoms with Crippen molar-refractivity contribution in [2.75, 3.05) is 11.4 Å². The summed E-state index contributed by atoms with van der Waals surface area (Å²) in [6.45, 7) is 10.1. The number of carbonyl (C=O) groups excluding carboxylic acids is 4. The predicted molar refractivity (Wildman–Crippen MR) is 166 cm³/mol. The van der Waals surface area contributed by atoms with E-state index in [1.54, 1.807) is 5.38 Å². The largest absolute Gasteiger partial charge is 0.416 e. The lowest BCUT2D eigenvalue weighted by atomic mass is 10.0. The first-order chi connectivity index (χ1) is 21.2. The van der Waals surface area contributed by atoms with Gasteiger partial charge < -0.3 is 4.90 Å². The maximum Gasteiger partial charge on any atom is 0.416 e. The smallest absolute Gasteiger partial charge is 0.345 e. The molecule has 2 heterocycles. The zero-order chi connectivity index (χ0) is 33.2. The van der Waals surface area contributed by atoms with Crippen molar-refractivity contribution in [2.24, 2.45) is 17.7 Å². The summed E-state index contributed by atoms with van der Waals surface area (Å²) >= 11 is 2.15. The molecule has 3 N–H and O–H groups in total. The van der Waals surface area contributed by atoms with Gasteiger partial charge in [0.25, 0.3) is 11.8 Å². The second-order valence-corrected chi connectivity index (χ2v) is 13.8. The molecule has 2 atom stereocenters. The number of nitrogens with zero attached hydrogens (tertiary/aromatic N) is 4. The second-order valence-electron chi connectivity index (χ2n) is 11.9. The molecule has 1 aromatic carbocycles. The van der Waals surface area contributed by atoms with Gasteiger partial charge in [-0.1, -0.05) is 51.6 Å². The Hall–Kier alpha value is -3.43. The average molecular weight is 666 g/mol. The zero-order valence-corrected chi connectivity index (χ0v) is 27.2. The summed E-state index contributed by atoms with van der Waals surface area (Å²) in [6.07, 6.45) is -0.548. The summed E-state index contributed by atoms with van der Waals surface area (Å²) in [7, 11) is 0. The number of benzene rings is 1. The fourth-order valence-corrected chi connectivity index (χ4v) is 7.26. The van der Waals surface area contributed by atoms with E-state index in [4.69, 9.17) is 5.84 Å². The summed E-state index contributed by atoms with van der Waals surface area (Å²) in [5.74, 6) is 4.04. The van der Waals surface area contributed by atoms with Gasteiger partial charge in [0.15, 0.2) is 5.13 Å². The molecule has 1 radical (unpaired) electrons. The molecule has 10 nitrogen and oxygen atoms in total. The van der Waals surface area contributed by atoms with Crippen LogP contribution < -0.4 is 16.2 Å². The molecule has 1 fully saturated rings. The Balaban J connectivity index is 1.71. The molecule has 1 saturated carbocycles. The van der Waals surface area contributed by atoms with Gasteiger partial charge in [0, 0.05) is 23.7 Å². The molecular weight excluding hydrogens is 629 g/mol. The standard InChI is InChI=1S/C30H36F3N6O4S2/c1-16(2)12-22(14-40)39(25(41)23-15-44-29(35-23)37(13-17(3)4)21-10-11-21)26(42)24-18(5)38(28(43)36-34)27(45-24)19-6-8-20(9-7-19)30(31,32)33/h6-9,15-17,21-22,27H,10-13,34H2,1-5H3,(H,36,43)/t22-,27?/m0/s1. The van der Waals surface area contributed by atoms with E-state index >= 15 is 0 Å². The van der Waals surface area contributed by atoms with Crippen LogP contribution in [-0.2, 0) is 15.8 Å². The molecule has 2 aliphatic rings. The molecule has 0 spiro atoms. The fourth-order valence-electron chi connectivity index (χ4n) is 5.04. The van der Waals surface area contributed by atoms with Crippen molar-refractivity contribution in [3.8, 4) is 0 Å². The minimum Gasteiger partial charge on any atom is -0.345 e. The third-order valence-electron chi connectivity index (χ3n) is 7.30. The zero-order valence-electron chi connectivity index (χ0n) is 25.6. The number of anilines is 1. The summed E-state index contributed by atoms with van der Waals surface area (Å²) in [5.41, 5.74) is 1.52. The van der Waals surface area contributed by atoms with Crippen LogP contribution in [0.2, 0.25) is 0 Å². The number of amides is 4. The maximum absolute atomic E-state index is 14.3. The summed E-state index contributed by atoms with van der Waals surface area (Å²) in [5, 5.41) is 1.23. The highest BCUT2D eigenvalue weighted by molar-refractivity contribution is 8.04. The van der Waals surface area contributed by atoms with Gasteiger partial charge in [0.05, 0.1) is 10.5 Å². The van der Waals surface area contributed by atoms with E-state index in [0.29, 0.717) is 17.1 Å². The lowest BCUT2D eigenvalue weighted by Gasteiger charge is -2.27. The summed E-state index contributed by atoms with van der Waals surface area (Å²) in [4.78, 5) is 62.1. The van der Waals surface area contributed by atoms with Crippen LogP contribution in [0, 0.1) is 11.8 Å². The number of aromatic nitrogens is 1. The number of thiazole rings is 1. The molecule has 4 rings (SSSR count). The van der Waals surface area contributed by atoms with Crippen LogP contribution in [0.15, 0.2) is 40.2 Å². The number of nitrogens with one attached hydrogen (secondary N) is 1. The van der Waals surface area contributed by atoms with E-state index in [1.807, 2.05) is 25.6 Å². The lowest BCUT2D eigenvalue weighted by molar-refractivity contribution is -0.137. The number of nitrogens with two attached hydrogens (primary N) is 1. The number of allylic oxidation sites excluding steroid dienone is 1. The van der Waals surface area contributed by atoms with Gasteiger partial charge in [0.2, 0.25) is 6.29 Å². The van der Waals surface area contributed by atoms with Gasteiger partial charge in [-0.2, -0.15) is 13.2 Å². The maximum atomic E-state index is 14.3. The molecule has 45 heavy (non-hydrogen) atoms. The first kappa shape index (κ1) is 34.4. The van der Waals surface area contributed by atoms with Crippen LogP contribution in [0.1, 0.15) is 80.9 Å². The number of imide groups is 1. The van der Waals surface area contributed by atoms with Crippen LogP contribution in [0.4, 0.5) is 23.1 Å². The van der Waals surface area contributed by atoms with E-state index in [9.17, 15) is 32.3 Å². The van der Waals surface area contributed by atoms with Crippen LogP contribution in [0.5, 0.6) is 0 Å². The molecule has 1 aliphatic heterocycles. The van der Waals surface area contributed by atoms with E-state index in [-0.39, 0.29) is 34.2 Å². The van der Waals surface area contributed by atoms with Crippen LogP contribution in [0.25, 0.3) is 0 Å². The molecule has 1 unspecified atom stereocenters. The van der Waals surface area contributed by atoms with Crippen LogP contribution in [-0.4, -0.2) is 57.5 Å². The molecule has 0 saturated heterocycles. The van der Waals surface area contributed by atoms with Crippen molar-refractivity contribution < 1.29 is 32.3 Å². The van der Waals surface area contributed by atoms with Gasteiger partial charge >= 0.3 is 12.2 Å². The van der Waals surface area contributed by atoms with Crippen molar-refractivity contribution >= 4 is 52.4 Å². The van der Waals surface area contributed by atoms with Crippen LogP contribution in [0.3, 0.4) is 0 Å². The second kappa shape index (κ2) is 13.9. The van der Waals surface area contributed by atoms with Gasteiger partial charge in [-0.05, 0) is 55.7 Å². The van der Waals surface area contributed by atoms with Crippen molar-refractivity contribution in [1.29, 1.82) is 0 Å². The third-order valence-corrected chi connectivity index (χ3v) is 9.59. The highest BCUT2D eigenvalue weighted by Crippen LogP contribution is 2.49. The van der Waals surface area contributed by atoms with Gasteiger partial charge in [-0.25, -0.2) is 15.6 Å². The number of alkyl halides is 3. The molecule has 2 aromatic rings. The first-order valence-electron chi connectivity index (χ1n) is 14.5. The number of halogens is 3. The molecule has 1 aromatic heterocycles. The Labute approximate surface area is 268 Å². The normalized spacial score (nSPS) is 17.6. The molecule has 0 bridgehead atoms. The number of hydrazine groups is 1. The van der Waals surface area contributed by atoms with E-state index < -0.39 is 41.0 Å². The van der Waals surface area contributed by atoms with E-state index in [2.05, 4.69) is 23.7 Å². The van der Waals surface area contributed by atoms with Crippen molar-refractivity contribution in [3.63, 3.8) is 0 Å². The number of hydrogen-bond acceptors (Lipinski definition) is 9. The van der Waals surface area contributed by atoms with Crippen molar-refractivity contribution in [1.82, 2.24) is 20.2 Å². The minimum absolute atomic E-state index is 0.00106. The number of thioether (sulfide) groups is 1. The predicted octanol–water partition coefficient (Wildman–Crippen LogP) is 5.84. The number of urea groups is 1. The minimum atomic E-state index is -4.57. The highest BCUT2D eigenvalue weighted by Gasteiger charge is 2.44. The number of rotatable bonds is 11. The van der Waals surface area contributed by atoms with E-state index in [1.165, 1.54) is 30.4 Å². The monoisotopic (exact) mass is 665 g/mol. The Morgan fingerprint density at radius 2 is 1.76 bits per heavy atom. The summed E-state index contributed by atoms with van der Waals surface area (Å²) < 4.78 is 39.6. The number of hydrogen-bond donors (Lipinski definition) is 2. The SMILES string of the molecule is CC1=C(C(=O)N(C(=O)c2csc(N(CC(C)C)C3CC3)n2)[C@H]([C]=O)CC(C)C)SC(c2ccc(C(F)(F)F)cc2)N1C(=O)NN. The Morgan fingerprint density at radius 3 is 2.27 bits per heavy atom. The van der Waals surface area contributed by atoms with E-state index in [0.717, 1.165) is 53.1 Å². The van der Waals surface area contributed by atoms with Crippen LogP contribution >= 0.6 is 23.1 Å². The van der Waals surface area contributed by atoms with Crippen molar-refractivity contribution in [2.45, 2.75) is 77.5 Å². The quantitative estimate of drug-likeness (QED) is 0.133.